The summed E-state index contributed by atoms with van der Waals surface area (Å²) in [6.45, 7) is 14.7. The minimum atomic E-state index is -1.12. The first-order valence-electron chi connectivity index (χ1n) is 15.2. The van der Waals surface area contributed by atoms with Crippen LogP contribution in [0.2, 0.25) is 0 Å². The van der Waals surface area contributed by atoms with Gasteiger partial charge in [0.2, 0.25) is 12.7 Å². The molecule has 1 aromatic rings. The zero-order valence-corrected chi connectivity index (χ0v) is 27.1. The molecule has 0 spiro atoms. The van der Waals surface area contributed by atoms with Gasteiger partial charge in [-0.15, -0.1) is 0 Å². The highest BCUT2D eigenvalue weighted by molar-refractivity contribution is 6.05. The van der Waals surface area contributed by atoms with Crippen LogP contribution in [-0.4, -0.2) is 96.5 Å². The van der Waals surface area contributed by atoms with E-state index in [1.54, 1.807) is 56.6 Å². The molecule has 13 nitrogen and oxygen atoms in total. The molecule has 1 aromatic carbocycles. The first-order valence-corrected chi connectivity index (χ1v) is 15.2. The first-order chi connectivity index (χ1) is 20.7. The zero-order chi connectivity index (χ0) is 32.8. The summed E-state index contributed by atoms with van der Waals surface area (Å²) in [7, 11) is 0. The van der Waals surface area contributed by atoms with Crippen LogP contribution in [-0.2, 0) is 23.8 Å². The molecule has 13 heteroatoms. The highest BCUT2D eigenvalue weighted by atomic mass is 16.8. The lowest BCUT2D eigenvalue weighted by atomic mass is 9.97. The van der Waals surface area contributed by atoms with Gasteiger partial charge in [-0.3, -0.25) is 14.4 Å². The zero-order valence-electron chi connectivity index (χ0n) is 27.1. The van der Waals surface area contributed by atoms with Gasteiger partial charge in [0.05, 0.1) is 17.8 Å². The molecule has 44 heavy (non-hydrogen) atoms. The average Bonchev–Trinajstić information content (AvgIpc) is 2.94. The molecular weight excluding hydrogens is 572 g/mol. The normalized spacial score (nSPS) is 17.5. The maximum atomic E-state index is 14.2. The van der Waals surface area contributed by atoms with Gasteiger partial charge in [0.15, 0.2) is 5.60 Å². The van der Waals surface area contributed by atoms with Crippen molar-refractivity contribution >= 4 is 35.7 Å². The fourth-order valence-corrected chi connectivity index (χ4v) is 5.35. The summed E-state index contributed by atoms with van der Waals surface area (Å²) in [5, 5.41) is 2.80. The van der Waals surface area contributed by atoms with E-state index in [1.165, 1.54) is 4.90 Å². The van der Waals surface area contributed by atoms with E-state index < -0.39 is 24.6 Å². The van der Waals surface area contributed by atoms with E-state index in [0.717, 1.165) is 0 Å². The molecule has 3 rings (SSSR count). The van der Waals surface area contributed by atoms with Crippen LogP contribution in [0.4, 0.5) is 15.3 Å². The number of rotatable bonds is 10. The Labute approximate surface area is 259 Å². The van der Waals surface area contributed by atoms with Gasteiger partial charge in [0.1, 0.15) is 5.75 Å². The van der Waals surface area contributed by atoms with Crippen molar-refractivity contribution in [1.29, 1.82) is 0 Å². The van der Waals surface area contributed by atoms with Crippen molar-refractivity contribution in [2.45, 2.75) is 98.4 Å². The van der Waals surface area contributed by atoms with Crippen molar-refractivity contribution in [3.8, 4) is 5.75 Å². The van der Waals surface area contributed by atoms with Gasteiger partial charge in [-0.2, -0.15) is 0 Å². The number of likely N-dealkylation sites (tertiary alicyclic amines) is 1. The molecule has 0 unspecified atom stereocenters. The average molecular weight is 619 g/mol. The molecule has 2 heterocycles. The largest absolute Gasteiger partial charge is 0.511 e. The van der Waals surface area contributed by atoms with E-state index in [-0.39, 0.29) is 55.5 Å². The fraction of sp³-hybridized carbons (Fsp3) is 0.645. The second-order valence-electron chi connectivity index (χ2n) is 12.0. The third-order valence-electron chi connectivity index (χ3n) is 7.46. The molecule has 1 saturated heterocycles. The van der Waals surface area contributed by atoms with Crippen LogP contribution < -0.4 is 15.0 Å². The van der Waals surface area contributed by atoms with E-state index in [2.05, 4.69) is 5.32 Å². The van der Waals surface area contributed by atoms with Crippen LogP contribution in [0.15, 0.2) is 12.1 Å². The quantitative estimate of drug-likeness (QED) is 0.304. The molecule has 0 radical (unpaired) electrons. The van der Waals surface area contributed by atoms with Crippen molar-refractivity contribution in [1.82, 2.24) is 15.1 Å². The number of amides is 4. The van der Waals surface area contributed by atoms with Crippen molar-refractivity contribution in [2.24, 2.45) is 0 Å². The topological polar surface area (TPSA) is 144 Å². The lowest BCUT2D eigenvalue weighted by Crippen LogP contribution is -2.55. The smallest absolute Gasteiger partial charge is 0.476 e. The third kappa shape index (κ3) is 8.32. The molecule has 2 aliphatic heterocycles. The molecule has 2 aliphatic rings. The van der Waals surface area contributed by atoms with Gasteiger partial charge in [-0.1, -0.05) is 6.92 Å². The number of anilines is 1. The van der Waals surface area contributed by atoms with Gasteiger partial charge in [0.25, 0.3) is 11.8 Å². The van der Waals surface area contributed by atoms with Crippen molar-refractivity contribution < 1.29 is 42.9 Å². The summed E-state index contributed by atoms with van der Waals surface area (Å²) < 4.78 is 20.8. The number of aryl methyl sites for hydroxylation is 1. The van der Waals surface area contributed by atoms with Crippen molar-refractivity contribution in [3.63, 3.8) is 0 Å². The summed E-state index contributed by atoms with van der Waals surface area (Å²) in [4.78, 5) is 68.5. The Hall–Kier alpha value is -4.03. The molecule has 0 bridgehead atoms. The van der Waals surface area contributed by atoms with Crippen LogP contribution >= 0.6 is 0 Å². The summed E-state index contributed by atoms with van der Waals surface area (Å²) in [6.07, 6.45) is -0.300. The van der Waals surface area contributed by atoms with E-state index in [9.17, 15) is 24.0 Å². The molecule has 244 valence electrons. The molecule has 0 saturated carbocycles. The van der Waals surface area contributed by atoms with E-state index in [4.69, 9.17) is 18.9 Å². The van der Waals surface area contributed by atoms with Gasteiger partial charge in [0, 0.05) is 44.2 Å². The molecule has 1 fully saturated rings. The Morgan fingerprint density at radius 1 is 1.14 bits per heavy atom. The minimum absolute atomic E-state index is 0.121. The number of piperidine rings is 1. The highest BCUT2D eigenvalue weighted by Crippen LogP contribution is 2.40. The summed E-state index contributed by atoms with van der Waals surface area (Å²) in [6, 6.07) is 2.94. The number of hydrogen-bond donors (Lipinski definition) is 1. The number of nitrogens with one attached hydrogen (secondary N) is 1. The Kier molecular flexibility index (Phi) is 11.5. The van der Waals surface area contributed by atoms with E-state index in [1.807, 2.05) is 20.8 Å². The standard InChI is InChI=1S/C31H46N4O9/c1-9-26(36)32-12-14-34-24-16-23(21(6)15-25(24)44-31(7,8)28(34)38)27(37)35(19(2)3)22-11-10-13-33(17-22)29(39)41-18-42-30(40)43-20(4)5/h15-16,19-20,22H,9-14,17-18H2,1-8H3,(H,32,36)/t22-/m1/s1. The molecule has 0 aliphatic carbocycles. The number of carbonyl (C=O) groups excluding carboxylic acids is 5. The number of hydrogen-bond acceptors (Lipinski definition) is 9. The lowest BCUT2D eigenvalue weighted by Gasteiger charge is -2.42. The highest BCUT2D eigenvalue weighted by Gasteiger charge is 2.42. The fourth-order valence-electron chi connectivity index (χ4n) is 5.35. The van der Waals surface area contributed by atoms with Gasteiger partial charge in [-0.25, -0.2) is 9.59 Å². The SMILES string of the molecule is CCC(=O)NCCN1C(=O)C(C)(C)Oc2cc(C)c(C(=O)N(C(C)C)[C@@H]3CCCN(C(=O)OCOC(=O)OC(C)C)C3)cc21. The Balaban J connectivity index is 1.81. The summed E-state index contributed by atoms with van der Waals surface area (Å²) in [5.74, 6) is -0.157. The van der Waals surface area contributed by atoms with Crippen LogP contribution in [0.1, 0.15) is 83.7 Å². The number of fused-ring (bicyclic) bond motifs is 1. The Morgan fingerprint density at radius 2 is 1.84 bits per heavy atom. The molecule has 1 N–H and O–H groups in total. The molecule has 0 aromatic heterocycles. The lowest BCUT2D eigenvalue weighted by molar-refractivity contribution is -0.132. The van der Waals surface area contributed by atoms with Crippen LogP contribution in [0.5, 0.6) is 5.75 Å². The number of benzene rings is 1. The van der Waals surface area contributed by atoms with Crippen LogP contribution in [0.25, 0.3) is 0 Å². The minimum Gasteiger partial charge on any atom is -0.476 e. The van der Waals surface area contributed by atoms with Gasteiger partial charge in [-0.05, 0) is 79.0 Å². The monoisotopic (exact) mass is 618 g/mol. The van der Waals surface area contributed by atoms with Gasteiger partial charge >= 0.3 is 12.2 Å². The van der Waals surface area contributed by atoms with Crippen LogP contribution in [0.3, 0.4) is 0 Å². The van der Waals surface area contributed by atoms with E-state index in [0.29, 0.717) is 48.4 Å². The predicted molar refractivity (Wildman–Crippen MR) is 161 cm³/mol. The summed E-state index contributed by atoms with van der Waals surface area (Å²) >= 11 is 0. The number of carbonyl (C=O) groups is 5. The van der Waals surface area contributed by atoms with E-state index >= 15 is 0 Å². The number of ether oxygens (including phenoxy) is 4. The number of nitrogens with zero attached hydrogens (tertiary/aromatic N) is 3. The van der Waals surface area contributed by atoms with Crippen LogP contribution in [0, 0.1) is 6.92 Å². The first kappa shape index (κ1) is 34.5. The Morgan fingerprint density at radius 3 is 2.48 bits per heavy atom. The maximum absolute atomic E-state index is 14.2. The maximum Gasteiger partial charge on any atom is 0.511 e. The second-order valence-corrected chi connectivity index (χ2v) is 12.0. The second kappa shape index (κ2) is 14.6. The van der Waals surface area contributed by atoms with Crippen molar-refractivity contribution in [2.75, 3.05) is 37.9 Å². The van der Waals surface area contributed by atoms with Gasteiger partial charge < -0.3 is 39.0 Å². The Bertz CT molecular complexity index is 1250. The molecule has 1 atom stereocenters. The molecular formula is C31H46N4O9. The molecule has 4 amide bonds. The van der Waals surface area contributed by atoms with Crippen molar-refractivity contribution in [3.05, 3.63) is 23.3 Å². The predicted octanol–water partition coefficient (Wildman–Crippen LogP) is 4.00. The third-order valence-corrected chi connectivity index (χ3v) is 7.46. The summed E-state index contributed by atoms with van der Waals surface area (Å²) in [5.41, 5.74) is 0.431.